The highest BCUT2D eigenvalue weighted by Gasteiger charge is 2.22. The molecule has 0 bridgehead atoms. The lowest BCUT2D eigenvalue weighted by Gasteiger charge is -2.13. The van der Waals surface area contributed by atoms with Crippen LogP contribution in [0.4, 0.5) is 5.69 Å². The van der Waals surface area contributed by atoms with Gasteiger partial charge in [-0.25, -0.2) is 4.79 Å². The number of carbonyl (C=O) groups is 4. The number of amides is 1. The molecule has 1 aromatic carbocycles. The molecule has 136 valence electrons. The molecule has 1 amide bonds. The van der Waals surface area contributed by atoms with Gasteiger partial charge in [0.2, 0.25) is 11.7 Å². The summed E-state index contributed by atoms with van der Waals surface area (Å²) in [5.74, 6) is -1.42. The zero-order valence-corrected chi connectivity index (χ0v) is 15.0. The first kappa shape index (κ1) is 19.1. The van der Waals surface area contributed by atoms with E-state index in [4.69, 9.17) is 4.74 Å². The molecule has 7 heteroatoms. The summed E-state index contributed by atoms with van der Waals surface area (Å²) in [6.07, 6.45) is 0.538. The van der Waals surface area contributed by atoms with Gasteiger partial charge in [0.05, 0.1) is 0 Å². The highest BCUT2D eigenvalue weighted by molar-refractivity contribution is 6.02. The number of nitrogens with zero attached hydrogens (tertiary/aromatic N) is 1. The monoisotopic (exact) mass is 356 g/mol. The fourth-order valence-electron chi connectivity index (χ4n) is 2.39. The number of hydrogen-bond acceptors (Lipinski definition) is 5. The Hall–Kier alpha value is -3.22. The lowest BCUT2D eigenvalue weighted by atomic mass is 10.1. The number of Topliss-reactive ketones (excluding diaryl/α,β-unsaturated/α-hetero) is 2. The molecule has 2 rings (SSSR count). The van der Waals surface area contributed by atoms with E-state index in [0.717, 1.165) is 0 Å². The molecule has 0 saturated heterocycles. The number of nitrogens with one attached hydrogen (secondary N) is 1. The van der Waals surface area contributed by atoms with Crippen molar-refractivity contribution in [1.29, 1.82) is 0 Å². The number of esters is 1. The van der Waals surface area contributed by atoms with E-state index in [2.05, 4.69) is 5.32 Å². The van der Waals surface area contributed by atoms with Crippen molar-refractivity contribution in [2.24, 2.45) is 7.05 Å². The Labute approximate surface area is 151 Å². The number of aromatic nitrogens is 1. The minimum Gasteiger partial charge on any atom is -0.450 e. The molecule has 0 aliphatic carbocycles. The summed E-state index contributed by atoms with van der Waals surface area (Å²) in [5, 5.41) is 2.61. The lowest BCUT2D eigenvalue weighted by Crippen LogP contribution is -2.25. The van der Waals surface area contributed by atoms with E-state index in [-0.39, 0.29) is 23.2 Å². The third-order valence-electron chi connectivity index (χ3n) is 3.76. The first-order chi connectivity index (χ1) is 12.2. The topological polar surface area (TPSA) is 94.5 Å². The molecule has 26 heavy (non-hydrogen) atoms. The van der Waals surface area contributed by atoms with E-state index in [1.54, 1.807) is 31.3 Å². The third-order valence-corrected chi connectivity index (χ3v) is 3.76. The molecule has 2 aromatic rings. The van der Waals surface area contributed by atoms with Gasteiger partial charge in [0, 0.05) is 37.0 Å². The molecular weight excluding hydrogens is 336 g/mol. The molecule has 0 aliphatic heterocycles. The normalized spacial score (nSPS) is 11.5. The van der Waals surface area contributed by atoms with Crippen molar-refractivity contribution in [3.05, 3.63) is 53.3 Å². The van der Waals surface area contributed by atoms with E-state index in [1.807, 2.05) is 0 Å². The van der Waals surface area contributed by atoms with Crippen LogP contribution in [0, 0.1) is 0 Å². The molecule has 0 radical (unpaired) electrons. The van der Waals surface area contributed by atoms with Crippen LogP contribution in [0.25, 0.3) is 0 Å². The minimum absolute atomic E-state index is 0.164. The fourth-order valence-corrected chi connectivity index (χ4v) is 2.39. The van der Waals surface area contributed by atoms with Gasteiger partial charge in [0.25, 0.3) is 0 Å². The minimum atomic E-state index is -0.996. The molecule has 1 atom stereocenters. The Bertz CT molecular complexity index is 865. The van der Waals surface area contributed by atoms with Gasteiger partial charge in [0.1, 0.15) is 5.69 Å². The second-order valence-corrected chi connectivity index (χ2v) is 5.95. The second-order valence-electron chi connectivity index (χ2n) is 5.95. The van der Waals surface area contributed by atoms with Gasteiger partial charge in [-0.15, -0.1) is 0 Å². The summed E-state index contributed by atoms with van der Waals surface area (Å²) >= 11 is 0. The average Bonchev–Trinajstić information content (AvgIpc) is 2.96. The van der Waals surface area contributed by atoms with Crippen LogP contribution >= 0.6 is 0 Å². The van der Waals surface area contributed by atoms with E-state index in [1.165, 1.54) is 37.6 Å². The van der Waals surface area contributed by atoms with Crippen LogP contribution in [0.1, 0.15) is 52.0 Å². The van der Waals surface area contributed by atoms with E-state index < -0.39 is 12.1 Å². The Morgan fingerprint density at radius 2 is 1.65 bits per heavy atom. The molecule has 1 aromatic heterocycles. The van der Waals surface area contributed by atoms with Gasteiger partial charge >= 0.3 is 5.97 Å². The van der Waals surface area contributed by atoms with Crippen molar-refractivity contribution >= 4 is 29.1 Å². The molecule has 1 heterocycles. The zero-order valence-electron chi connectivity index (χ0n) is 15.0. The first-order valence-electron chi connectivity index (χ1n) is 7.99. The quantitative estimate of drug-likeness (QED) is 0.634. The van der Waals surface area contributed by atoms with Crippen LogP contribution in [0.2, 0.25) is 0 Å². The fraction of sp³-hybridized carbons (Fsp3) is 0.263. The first-order valence-corrected chi connectivity index (χ1v) is 7.99. The summed E-state index contributed by atoms with van der Waals surface area (Å²) in [7, 11) is 1.62. The number of benzene rings is 1. The van der Waals surface area contributed by atoms with Crippen LogP contribution in [0.15, 0.2) is 36.5 Å². The van der Waals surface area contributed by atoms with Crippen LogP contribution < -0.4 is 5.32 Å². The van der Waals surface area contributed by atoms with Crippen molar-refractivity contribution in [3.8, 4) is 0 Å². The molecule has 0 saturated carbocycles. The van der Waals surface area contributed by atoms with Crippen molar-refractivity contribution in [1.82, 2.24) is 4.57 Å². The lowest BCUT2D eigenvalue weighted by molar-refractivity contribution is -0.114. The number of aryl methyl sites for hydroxylation is 1. The van der Waals surface area contributed by atoms with Crippen molar-refractivity contribution in [2.75, 3.05) is 5.32 Å². The second kappa shape index (κ2) is 7.77. The maximum absolute atomic E-state index is 12.4. The van der Waals surface area contributed by atoms with Gasteiger partial charge in [-0.3, -0.25) is 14.4 Å². The van der Waals surface area contributed by atoms with Crippen LogP contribution in [-0.2, 0) is 16.6 Å². The van der Waals surface area contributed by atoms with Crippen molar-refractivity contribution < 1.29 is 23.9 Å². The van der Waals surface area contributed by atoms with Gasteiger partial charge in [0.15, 0.2) is 11.9 Å². The maximum atomic E-state index is 12.4. The zero-order chi connectivity index (χ0) is 19.4. The molecule has 7 nitrogen and oxygen atoms in total. The summed E-state index contributed by atoms with van der Waals surface area (Å²) in [5.41, 5.74) is 1.51. The largest absolute Gasteiger partial charge is 0.450 e. The van der Waals surface area contributed by atoms with Crippen LogP contribution in [0.3, 0.4) is 0 Å². The number of hydrogen-bond donors (Lipinski definition) is 1. The predicted octanol–water partition coefficient (Wildman–Crippen LogP) is 2.61. The Balaban J connectivity index is 2.07. The molecule has 1 N–H and O–H groups in total. The summed E-state index contributed by atoms with van der Waals surface area (Å²) in [4.78, 5) is 47.1. The summed E-state index contributed by atoms with van der Waals surface area (Å²) in [6, 6.07) is 7.73. The van der Waals surface area contributed by atoms with Crippen LogP contribution in [-0.4, -0.2) is 34.1 Å². The molecule has 0 fully saturated rings. The molecule has 0 unspecified atom stereocenters. The molecule has 0 spiro atoms. The van der Waals surface area contributed by atoms with E-state index >= 15 is 0 Å². The Kier molecular flexibility index (Phi) is 5.71. The third kappa shape index (κ3) is 4.44. The number of carbonyl (C=O) groups excluding carboxylic acids is 4. The number of ether oxygens (including phenoxy) is 1. The molecular formula is C19H20N2O5. The smallest absolute Gasteiger partial charge is 0.355 e. The maximum Gasteiger partial charge on any atom is 0.355 e. The summed E-state index contributed by atoms with van der Waals surface area (Å²) < 4.78 is 6.72. The number of rotatable bonds is 6. The Morgan fingerprint density at radius 1 is 1.04 bits per heavy atom. The standard InChI is InChI=1S/C19H20N2O5/c1-11(22)15-9-17(21(4)10-15)19(25)26-12(2)18(24)14-5-7-16(8-6-14)20-13(3)23/h5-10,12H,1-4H3,(H,20,23)/t12-/m1/s1. The average molecular weight is 356 g/mol. The van der Waals surface area contributed by atoms with Gasteiger partial charge in [-0.1, -0.05) is 0 Å². The van der Waals surface area contributed by atoms with Crippen molar-refractivity contribution in [3.63, 3.8) is 0 Å². The summed E-state index contributed by atoms with van der Waals surface area (Å²) in [6.45, 7) is 4.28. The number of anilines is 1. The van der Waals surface area contributed by atoms with Gasteiger partial charge < -0.3 is 14.6 Å². The van der Waals surface area contributed by atoms with E-state index in [0.29, 0.717) is 16.8 Å². The molecule has 0 aliphatic rings. The van der Waals surface area contributed by atoms with Gasteiger partial charge in [-0.2, -0.15) is 0 Å². The highest BCUT2D eigenvalue weighted by atomic mass is 16.5. The predicted molar refractivity (Wildman–Crippen MR) is 95.4 cm³/mol. The van der Waals surface area contributed by atoms with E-state index in [9.17, 15) is 19.2 Å². The van der Waals surface area contributed by atoms with Crippen LogP contribution in [0.5, 0.6) is 0 Å². The highest BCUT2D eigenvalue weighted by Crippen LogP contribution is 2.15. The van der Waals surface area contributed by atoms with Crippen molar-refractivity contribution in [2.45, 2.75) is 26.9 Å². The Morgan fingerprint density at radius 3 is 2.15 bits per heavy atom. The number of ketones is 2. The SMILES string of the molecule is CC(=O)Nc1ccc(C(=O)[C@@H](C)OC(=O)c2cc(C(C)=O)cn2C)cc1. The van der Waals surface area contributed by atoms with Gasteiger partial charge in [-0.05, 0) is 44.2 Å².